The maximum absolute atomic E-state index is 13.1. The molecule has 0 amide bonds. The summed E-state index contributed by atoms with van der Waals surface area (Å²) < 4.78 is 27.3. The average Bonchev–Trinajstić information content (AvgIpc) is 2.94. The van der Waals surface area contributed by atoms with Crippen molar-refractivity contribution in [1.82, 2.24) is 0 Å². The third kappa shape index (κ3) is 3.02. The van der Waals surface area contributed by atoms with Crippen LogP contribution in [0.4, 0.5) is 5.69 Å². The molecule has 0 fully saturated rings. The summed E-state index contributed by atoms with van der Waals surface area (Å²) in [6, 6.07) is 12.5. The van der Waals surface area contributed by atoms with Crippen molar-refractivity contribution in [3.63, 3.8) is 0 Å². The number of hydrogen-bond donors (Lipinski definition) is 1. The molecule has 1 aliphatic rings. The van der Waals surface area contributed by atoms with Crippen LogP contribution < -0.4 is 4.31 Å². The molecule has 0 saturated heterocycles. The Morgan fingerprint density at radius 2 is 1.68 bits per heavy atom. The molecule has 6 heteroatoms. The number of carbonyl (C=O) groups is 1. The molecular weight excluding hydrogens is 338 g/mol. The second kappa shape index (κ2) is 5.88. The van der Waals surface area contributed by atoms with E-state index in [1.807, 2.05) is 20.8 Å². The fourth-order valence-corrected chi connectivity index (χ4v) is 4.73. The average molecular weight is 359 g/mol. The summed E-state index contributed by atoms with van der Waals surface area (Å²) in [5.74, 6) is -1.15. The van der Waals surface area contributed by atoms with E-state index in [4.69, 9.17) is 0 Å². The Bertz CT molecular complexity index is 911. The van der Waals surface area contributed by atoms with Gasteiger partial charge in [0.05, 0.1) is 10.6 Å². The van der Waals surface area contributed by atoms with Gasteiger partial charge in [0.15, 0.2) is 0 Å². The SMILES string of the molecule is CC(C)(C)c1ccc(S(=O)(=O)N2c3ccccc3CC2C(=O)O)cc1. The molecule has 132 valence electrons. The Balaban J connectivity index is 2.08. The molecule has 2 aromatic rings. The lowest BCUT2D eigenvalue weighted by atomic mass is 9.87. The smallest absolute Gasteiger partial charge is 0.327 e. The Morgan fingerprint density at radius 1 is 1.08 bits per heavy atom. The first kappa shape index (κ1) is 17.5. The number of carboxylic acid groups (broad SMARTS) is 1. The molecule has 1 atom stereocenters. The summed E-state index contributed by atoms with van der Waals surface area (Å²) in [5.41, 5.74) is 2.09. The summed E-state index contributed by atoms with van der Waals surface area (Å²) in [6.07, 6.45) is 0.171. The fourth-order valence-electron chi connectivity index (χ4n) is 3.08. The van der Waals surface area contributed by atoms with Crippen molar-refractivity contribution in [1.29, 1.82) is 0 Å². The van der Waals surface area contributed by atoms with E-state index in [-0.39, 0.29) is 16.7 Å². The Hall–Kier alpha value is -2.34. The van der Waals surface area contributed by atoms with Gasteiger partial charge >= 0.3 is 5.97 Å². The van der Waals surface area contributed by atoms with E-state index in [1.165, 1.54) is 0 Å². The molecule has 0 radical (unpaired) electrons. The number of anilines is 1. The van der Waals surface area contributed by atoms with Gasteiger partial charge in [-0.15, -0.1) is 0 Å². The number of benzene rings is 2. The van der Waals surface area contributed by atoms with Crippen molar-refractivity contribution in [2.24, 2.45) is 0 Å². The molecule has 1 aliphatic heterocycles. The number of fused-ring (bicyclic) bond motifs is 1. The van der Waals surface area contributed by atoms with Crippen LogP contribution in [-0.4, -0.2) is 25.5 Å². The van der Waals surface area contributed by atoms with Gasteiger partial charge < -0.3 is 5.11 Å². The quantitative estimate of drug-likeness (QED) is 0.913. The summed E-state index contributed by atoms with van der Waals surface area (Å²) in [7, 11) is -3.96. The molecule has 25 heavy (non-hydrogen) atoms. The molecule has 0 saturated carbocycles. The van der Waals surface area contributed by atoms with E-state index in [0.29, 0.717) is 5.69 Å². The van der Waals surface area contributed by atoms with E-state index in [9.17, 15) is 18.3 Å². The van der Waals surface area contributed by atoms with Crippen molar-refractivity contribution >= 4 is 21.7 Å². The van der Waals surface area contributed by atoms with Crippen molar-refractivity contribution < 1.29 is 18.3 Å². The number of aliphatic carboxylic acids is 1. The molecule has 1 N–H and O–H groups in total. The molecule has 0 spiro atoms. The number of para-hydroxylation sites is 1. The summed E-state index contributed by atoms with van der Waals surface area (Å²) >= 11 is 0. The second-order valence-electron chi connectivity index (χ2n) is 7.26. The maximum atomic E-state index is 13.1. The predicted octanol–water partition coefficient (Wildman–Crippen LogP) is 3.19. The first-order chi connectivity index (χ1) is 11.6. The molecule has 1 heterocycles. The van der Waals surface area contributed by atoms with E-state index >= 15 is 0 Å². The maximum Gasteiger partial charge on any atom is 0.327 e. The molecule has 1 unspecified atom stereocenters. The normalized spacial score (nSPS) is 17.4. The third-order valence-corrected chi connectivity index (χ3v) is 6.32. The summed E-state index contributed by atoms with van der Waals surface area (Å²) in [5, 5.41) is 9.51. The van der Waals surface area contributed by atoms with Crippen molar-refractivity contribution in [2.75, 3.05) is 4.31 Å². The van der Waals surface area contributed by atoms with Gasteiger partial charge in [0.1, 0.15) is 6.04 Å². The lowest BCUT2D eigenvalue weighted by Gasteiger charge is -2.25. The number of sulfonamides is 1. The zero-order valence-corrected chi connectivity index (χ0v) is 15.2. The van der Waals surface area contributed by atoms with Crippen LogP contribution in [-0.2, 0) is 26.7 Å². The predicted molar refractivity (Wildman–Crippen MR) is 96.4 cm³/mol. The molecule has 5 nitrogen and oxygen atoms in total. The van der Waals surface area contributed by atoms with Gasteiger partial charge in [-0.25, -0.2) is 13.2 Å². The molecule has 3 rings (SSSR count). The minimum atomic E-state index is -3.96. The minimum absolute atomic E-state index is 0.0911. The van der Waals surface area contributed by atoms with Crippen molar-refractivity contribution in [3.05, 3.63) is 59.7 Å². The van der Waals surface area contributed by atoms with Gasteiger partial charge in [0.25, 0.3) is 10.0 Å². The van der Waals surface area contributed by atoms with Crippen LogP contribution in [0, 0.1) is 0 Å². The summed E-state index contributed by atoms with van der Waals surface area (Å²) in [4.78, 5) is 11.7. The fraction of sp³-hybridized carbons (Fsp3) is 0.316. The topological polar surface area (TPSA) is 74.7 Å². The van der Waals surface area contributed by atoms with Crippen molar-refractivity contribution in [2.45, 2.75) is 43.5 Å². The number of carboxylic acids is 1. The molecular formula is C19H21NO4S. The first-order valence-electron chi connectivity index (χ1n) is 8.08. The Labute approximate surface area is 148 Å². The van der Waals surface area contributed by atoms with Gasteiger partial charge in [-0.1, -0.05) is 51.1 Å². The molecule has 0 bridgehead atoms. The van der Waals surface area contributed by atoms with Gasteiger partial charge in [-0.05, 0) is 34.7 Å². The number of nitrogens with zero attached hydrogens (tertiary/aromatic N) is 1. The third-order valence-electron chi connectivity index (χ3n) is 4.49. The van der Waals surface area contributed by atoms with Crippen LogP contribution in [0.3, 0.4) is 0 Å². The monoisotopic (exact) mass is 359 g/mol. The highest BCUT2D eigenvalue weighted by molar-refractivity contribution is 7.93. The van der Waals surface area contributed by atoms with Crippen LogP contribution in [0.5, 0.6) is 0 Å². The zero-order valence-electron chi connectivity index (χ0n) is 14.4. The van der Waals surface area contributed by atoms with Crippen LogP contribution in [0.15, 0.2) is 53.4 Å². The largest absolute Gasteiger partial charge is 0.480 e. The van der Waals surface area contributed by atoms with Gasteiger partial charge in [-0.3, -0.25) is 4.31 Å². The highest BCUT2D eigenvalue weighted by Gasteiger charge is 2.42. The first-order valence-corrected chi connectivity index (χ1v) is 9.52. The number of hydrogen-bond acceptors (Lipinski definition) is 3. The standard InChI is InChI=1S/C19H21NO4S/c1-19(2,3)14-8-10-15(11-9-14)25(23,24)20-16-7-5-4-6-13(16)12-17(20)18(21)22/h4-11,17H,12H2,1-3H3,(H,21,22). The van der Waals surface area contributed by atoms with Crippen LogP contribution in [0.1, 0.15) is 31.9 Å². The van der Waals surface area contributed by atoms with Gasteiger partial charge in [0, 0.05) is 6.42 Å². The van der Waals surface area contributed by atoms with Gasteiger partial charge in [0.2, 0.25) is 0 Å². The lowest BCUT2D eigenvalue weighted by molar-refractivity contribution is -0.138. The van der Waals surface area contributed by atoms with Crippen molar-refractivity contribution in [3.8, 4) is 0 Å². The molecule has 0 aliphatic carbocycles. The molecule has 0 aromatic heterocycles. The second-order valence-corrected chi connectivity index (χ2v) is 9.08. The zero-order chi connectivity index (χ0) is 18.4. The minimum Gasteiger partial charge on any atom is -0.480 e. The van der Waals surface area contributed by atoms with Gasteiger partial charge in [-0.2, -0.15) is 0 Å². The van der Waals surface area contributed by atoms with Crippen LogP contribution in [0.25, 0.3) is 0 Å². The highest BCUT2D eigenvalue weighted by atomic mass is 32.2. The van der Waals surface area contributed by atoms with E-state index < -0.39 is 22.0 Å². The number of rotatable bonds is 3. The van der Waals surface area contributed by atoms with E-state index in [2.05, 4.69) is 0 Å². The van der Waals surface area contributed by atoms with E-state index in [1.54, 1.807) is 48.5 Å². The van der Waals surface area contributed by atoms with Crippen LogP contribution in [0.2, 0.25) is 0 Å². The van der Waals surface area contributed by atoms with E-state index in [0.717, 1.165) is 15.4 Å². The molecule has 2 aromatic carbocycles. The van der Waals surface area contributed by atoms with Crippen LogP contribution >= 0.6 is 0 Å². The highest BCUT2D eigenvalue weighted by Crippen LogP contribution is 2.37. The lowest BCUT2D eigenvalue weighted by Crippen LogP contribution is -2.42. The Kier molecular flexibility index (Phi) is 4.11. The summed E-state index contributed by atoms with van der Waals surface area (Å²) in [6.45, 7) is 6.15. The Morgan fingerprint density at radius 3 is 2.24 bits per heavy atom.